The van der Waals surface area contributed by atoms with Crippen molar-refractivity contribution in [3.63, 3.8) is 0 Å². The van der Waals surface area contributed by atoms with E-state index < -0.39 is 0 Å². The monoisotopic (exact) mass is 227 g/mol. The fraction of sp³-hybridized carbons (Fsp3) is 0.286. The van der Waals surface area contributed by atoms with Crippen molar-refractivity contribution in [2.45, 2.75) is 26.3 Å². The largest absolute Gasteiger partial charge is 0.328 e. The summed E-state index contributed by atoms with van der Waals surface area (Å²) >= 11 is 0. The molecule has 0 fully saturated rings. The van der Waals surface area contributed by atoms with Crippen molar-refractivity contribution in [3.8, 4) is 11.3 Å². The van der Waals surface area contributed by atoms with Crippen LogP contribution in [0, 0.1) is 6.92 Å². The summed E-state index contributed by atoms with van der Waals surface area (Å²) in [5, 5.41) is 0. The number of hydrogen-bond acceptors (Lipinski definition) is 3. The summed E-state index contributed by atoms with van der Waals surface area (Å²) in [4.78, 5) is 8.53. The molecule has 1 atom stereocenters. The van der Waals surface area contributed by atoms with Gasteiger partial charge in [0, 0.05) is 23.7 Å². The molecule has 1 aromatic heterocycles. The zero-order chi connectivity index (χ0) is 12.3. The van der Waals surface area contributed by atoms with Gasteiger partial charge >= 0.3 is 0 Å². The van der Waals surface area contributed by atoms with Gasteiger partial charge in [-0.05, 0) is 19.9 Å². The van der Waals surface area contributed by atoms with Crippen molar-refractivity contribution in [2.24, 2.45) is 5.73 Å². The lowest BCUT2D eigenvalue weighted by atomic mass is 10.1. The maximum atomic E-state index is 5.77. The van der Waals surface area contributed by atoms with E-state index in [1.54, 1.807) is 6.33 Å². The molecule has 2 aromatic rings. The SMILES string of the molecule is Cc1ccc(-c2cc(CC(C)N)ncn2)cc1. The van der Waals surface area contributed by atoms with Crippen LogP contribution < -0.4 is 5.73 Å². The van der Waals surface area contributed by atoms with Gasteiger partial charge in [-0.3, -0.25) is 0 Å². The molecule has 2 N–H and O–H groups in total. The number of rotatable bonds is 3. The number of nitrogens with two attached hydrogens (primary N) is 1. The van der Waals surface area contributed by atoms with E-state index >= 15 is 0 Å². The smallest absolute Gasteiger partial charge is 0.116 e. The molecule has 0 aliphatic rings. The Labute approximate surface area is 102 Å². The Morgan fingerprint density at radius 2 is 1.88 bits per heavy atom. The van der Waals surface area contributed by atoms with Crippen molar-refractivity contribution in [1.82, 2.24) is 9.97 Å². The Morgan fingerprint density at radius 1 is 1.18 bits per heavy atom. The highest BCUT2D eigenvalue weighted by molar-refractivity contribution is 5.59. The maximum Gasteiger partial charge on any atom is 0.116 e. The van der Waals surface area contributed by atoms with E-state index in [-0.39, 0.29) is 6.04 Å². The minimum atomic E-state index is 0.121. The van der Waals surface area contributed by atoms with Crippen molar-refractivity contribution < 1.29 is 0 Å². The Morgan fingerprint density at radius 3 is 2.53 bits per heavy atom. The number of benzene rings is 1. The van der Waals surface area contributed by atoms with Gasteiger partial charge < -0.3 is 5.73 Å². The molecular weight excluding hydrogens is 210 g/mol. The van der Waals surface area contributed by atoms with Gasteiger partial charge in [-0.2, -0.15) is 0 Å². The zero-order valence-electron chi connectivity index (χ0n) is 10.2. The first-order chi connectivity index (χ1) is 8.15. The van der Waals surface area contributed by atoms with Gasteiger partial charge in [0.15, 0.2) is 0 Å². The molecule has 2 rings (SSSR count). The summed E-state index contributed by atoms with van der Waals surface area (Å²) in [6.07, 6.45) is 2.38. The first-order valence-corrected chi connectivity index (χ1v) is 5.78. The van der Waals surface area contributed by atoms with Gasteiger partial charge in [-0.15, -0.1) is 0 Å². The number of aryl methyl sites for hydroxylation is 1. The Bertz CT molecular complexity index is 489. The van der Waals surface area contributed by atoms with Crippen LogP contribution in [0.1, 0.15) is 18.2 Å². The molecule has 0 saturated carbocycles. The summed E-state index contributed by atoms with van der Waals surface area (Å²) < 4.78 is 0. The second-order valence-electron chi connectivity index (χ2n) is 4.44. The van der Waals surface area contributed by atoms with Crippen LogP contribution >= 0.6 is 0 Å². The molecule has 0 spiro atoms. The van der Waals surface area contributed by atoms with E-state index in [1.165, 1.54) is 5.56 Å². The first kappa shape index (κ1) is 11.7. The molecule has 0 aliphatic carbocycles. The quantitative estimate of drug-likeness (QED) is 0.875. The molecule has 88 valence electrons. The van der Waals surface area contributed by atoms with Gasteiger partial charge in [0.05, 0.1) is 5.69 Å². The average molecular weight is 227 g/mol. The number of hydrogen-bond donors (Lipinski definition) is 1. The summed E-state index contributed by atoms with van der Waals surface area (Å²) in [6, 6.07) is 10.5. The summed E-state index contributed by atoms with van der Waals surface area (Å²) in [5.41, 5.74) is 10.1. The van der Waals surface area contributed by atoms with Crippen LogP contribution in [0.15, 0.2) is 36.7 Å². The van der Waals surface area contributed by atoms with Crippen molar-refractivity contribution >= 4 is 0 Å². The minimum Gasteiger partial charge on any atom is -0.328 e. The van der Waals surface area contributed by atoms with Gasteiger partial charge in [0.25, 0.3) is 0 Å². The topological polar surface area (TPSA) is 51.8 Å². The van der Waals surface area contributed by atoms with Crippen LogP contribution in [0.25, 0.3) is 11.3 Å². The van der Waals surface area contributed by atoms with Crippen LogP contribution in [0.3, 0.4) is 0 Å². The number of aromatic nitrogens is 2. The van der Waals surface area contributed by atoms with Gasteiger partial charge in [-0.1, -0.05) is 29.8 Å². The lowest BCUT2D eigenvalue weighted by Gasteiger charge is -2.06. The molecular formula is C14H17N3. The van der Waals surface area contributed by atoms with Crippen LogP contribution in [-0.4, -0.2) is 16.0 Å². The molecule has 17 heavy (non-hydrogen) atoms. The fourth-order valence-electron chi connectivity index (χ4n) is 1.72. The van der Waals surface area contributed by atoms with Gasteiger partial charge in [0.1, 0.15) is 6.33 Å². The highest BCUT2D eigenvalue weighted by Crippen LogP contribution is 2.17. The lowest BCUT2D eigenvalue weighted by Crippen LogP contribution is -2.18. The van der Waals surface area contributed by atoms with Crippen molar-refractivity contribution in [3.05, 3.63) is 47.9 Å². The standard InChI is InChI=1S/C14H17N3/c1-10-3-5-12(6-4-10)14-8-13(7-11(2)15)16-9-17-14/h3-6,8-9,11H,7,15H2,1-2H3. The van der Waals surface area contributed by atoms with Gasteiger partial charge in [0.2, 0.25) is 0 Å². The molecule has 1 heterocycles. The summed E-state index contributed by atoms with van der Waals surface area (Å²) in [5.74, 6) is 0. The second kappa shape index (κ2) is 5.06. The predicted octanol–water partition coefficient (Wildman–Crippen LogP) is 2.34. The average Bonchev–Trinajstić information content (AvgIpc) is 2.29. The number of nitrogens with zero attached hydrogens (tertiary/aromatic N) is 2. The molecule has 0 amide bonds. The highest BCUT2D eigenvalue weighted by Gasteiger charge is 2.03. The second-order valence-corrected chi connectivity index (χ2v) is 4.44. The molecule has 0 radical (unpaired) electrons. The summed E-state index contributed by atoms with van der Waals surface area (Å²) in [7, 11) is 0. The third-order valence-corrected chi connectivity index (χ3v) is 2.60. The third kappa shape index (κ3) is 3.11. The van der Waals surface area contributed by atoms with E-state index in [4.69, 9.17) is 5.73 Å². The third-order valence-electron chi connectivity index (χ3n) is 2.60. The Hall–Kier alpha value is -1.74. The molecule has 0 bridgehead atoms. The van der Waals surface area contributed by atoms with E-state index in [0.717, 1.165) is 23.4 Å². The van der Waals surface area contributed by atoms with Crippen molar-refractivity contribution in [1.29, 1.82) is 0 Å². The van der Waals surface area contributed by atoms with E-state index in [9.17, 15) is 0 Å². The normalized spacial score (nSPS) is 12.4. The Balaban J connectivity index is 2.29. The molecule has 0 aliphatic heterocycles. The highest BCUT2D eigenvalue weighted by atomic mass is 14.8. The molecule has 0 saturated heterocycles. The van der Waals surface area contributed by atoms with Crippen LogP contribution in [-0.2, 0) is 6.42 Å². The maximum absolute atomic E-state index is 5.77. The van der Waals surface area contributed by atoms with E-state index in [2.05, 4.69) is 41.2 Å². The lowest BCUT2D eigenvalue weighted by molar-refractivity contribution is 0.720. The molecule has 1 aromatic carbocycles. The minimum absolute atomic E-state index is 0.121. The molecule has 1 unspecified atom stereocenters. The first-order valence-electron chi connectivity index (χ1n) is 5.78. The molecule has 3 heteroatoms. The van der Waals surface area contributed by atoms with Crippen LogP contribution in [0.4, 0.5) is 0 Å². The zero-order valence-corrected chi connectivity index (χ0v) is 10.2. The van der Waals surface area contributed by atoms with Crippen LogP contribution in [0.5, 0.6) is 0 Å². The predicted molar refractivity (Wildman–Crippen MR) is 69.6 cm³/mol. The van der Waals surface area contributed by atoms with Gasteiger partial charge in [-0.25, -0.2) is 9.97 Å². The fourth-order valence-corrected chi connectivity index (χ4v) is 1.72. The Kier molecular flexibility index (Phi) is 3.49. The summed E-state index contributed by atoms with van der Waals surface area (Å²) in [6.45, 7) is 4.05. The van der Waals surface area contributed by atoms with Crippen molar-refractivity contribution in [2.75, 3.05) is 0 Å². The molecule has 3 nitrogen and oxygen atoms in total. The van der Waals surface area contributed by atoms with Crippen LogP contribution in [0.2, 0.25) is 0 Å². The van der Waals surface area contributed by atoms with E-state index in [1.807, 2.05) is 13.0 Å². The van der Waals surface area contributed by atoms with E-state index in [0.29, 0.717) is 0 Å².